The second kappa shape index (κ2) is 7.69. The topological polar surface area (TPSA) is 35.5 Å². The van der Waals surface area contributed by atoms with Crippen LogP contribution in [0.2, 0.25) is 0 Å². The van der Waals surface area contributed by atoms with Crippen molar-refractivity contribution in [3.8, 4) is 0 Å². The molecular formula is C18H26F2N2O. The minimum absolute atomic E-state index is 0.186. The molecule has 3 rings (SSSR count). The molecule has 1 aliphatic heterocycles. The normalized spacial score (nSPS) is 22.6. The summed E-state index contributed by atoms with van der Waals surface area (Å²) in [6.07, 6.45) is 6.26. The Kier molecular flexibility index (Phi) is 5.62. The first-order chi connectivity index (χ1) is 11.1. The predicted molar refractivity (Wildman–Crippen MR) is 86.2 cm³/mol. The quantitative estimate of drug-likeness (QED) is 0.874. The molecule has 128 valence electrons. The van der Waals surface area contributed by atoms with Crippen molar-refractivity contribution >= 4 is 0 Å². The highest BCUT2D eigenvalue weighted by molar-refractivity contribution is 5.22. The number of nitrogens with one attached hydrogen (secondary N) is 1. The van der Waals surface area contributed by atoms with E-state index >= 15 is 0 Å². The number of aliphatic hydroxyl groups is 1. The highest BCUT2D eigenvalue weighted by atomic mass is 19.1. The van der Waals surface area contributed by atoms with Crippen LogP contribution >= 0.6 is 0 Å². The molecule has 5 heteroatoms. The van der Waals surface area contributed by atoms with E-state index in [1.807, 2.05) is 0 Å². The molecule has 1 aromatic carbocycles. The van der Waals surface area contributed by atoms with Crippen LogP contribution in [-0.4, -0.2) is 41.7 Å². The maximum atomic E-state index is 13.7. The molecule has 1 saturated heterocycles. The Morgan fingerprint density at radius 3 is 2.30 bits per heavy atom. The second-order valence-electron chi connectivity index (χ2n) is 6.81. The van der Waals surface area contributed by atoms with E-state index in [9.17, 15) is 13.9 Å². The summed E-state index contributed by atoms with van der Waals surface area (Å²) < 4.78 is 27.3. The number of halogens is 2. The monoisotopic (exact) mass is 324 g/mol. The lowest BCUT2D eigenvalue weighted by molar-refractivity contribution is 0.126. The van der Waals surface area contributed by atoms with Crippen molar-refractivity contribution < 1.29 is 13.9 Å². The molecule has 1 atom stereocenters. The Morgan fingerprint density at radius 2 is 1.70 bits per heavy atom. The van der Waals surface area contributed by atoms with Crippen molar-refractivity contribution in [2.75, 3.05) is 19.6 Å². The summed E-state index contributed by atoms with van der Waals surface area (Å²) >= 11 is 0. The lowest BCUT2D eigenvalue weighted by atomic mass is 10.0. The maximum absolute atomic E-state index is 13.7. The standard InChI is InChI=1S/C18H26F2N2O/c19-15-6-3-7-16(20)18(15)17(23)12-21-13-8-10-22(11-9-13)14-4-1-2-5-14/h3,6-7,13-14,17,21,23H,1-2,4-5,8-12H2. The van der Waals surface area contributed by atoms with Gasteiger partial charge in [-0.25, -0.2) is 8.78 Å². The van der Waals surface area contributed by atoms with E-state index in [1.165, 1.54) is 43.9 Å². The SMILES string of the molecule is OC(CNC1CCN(C2CCCC2)CC1)c1c(F)cccc1F. The van der Waals surface area contributed by atoms with Crippen LogP contribution < -0.4 is 5.32 Å². The lowest BCUT2D eigenvalue weighted by Gasteiger charge is -2.36. The van der Waals surface area contributed by atoms with Crippen LogP contribution in [0.4, 0.5) is 8.78 Å². The molecule has 0 radical (unpaired) electrons. The highest BCUT2D eigenvalue weighted by Gasteiger charge is 2.27. The van der Waals surface area contributed by atoms with Crippen molar-refractivity contribution in [3.63, 3.8) is 0 Å². The molecule has 2 fully saturated rings. The van der Waals surface area contributed by atoms with Gasteiger partial charge in [0.05, 0.1) is 11.7 Å². The van der Waals surface area contributed by atoms with Gasteiger partial charge in [-0.2, -0.15) is 0 Å². The molecular weight excluding hydrogens is 298 g/mol. The van der Waals surface area contributed by atoms with Crippen LogP contribution in [0.25, 0.3) is 0 Å². The van der Waals surface area contributed by atoms with Gasteiger partial charge in [0.15, 0.2) is 0 Å². The van der Waals surface area contributed by atoms with Crippen molar-refractivity contribution in [2.45, 2.75) is 56.7 Å². The Morgan fingerprint density at radius 1 is 1.09 bits per heavy atom. The molecule has 1 aliphatic carbocycles. The first-order valence-electron chi connectivity index (χ1n) is 8.74. The van der Waals surface area contributed by atoms with Gasteiger partial charge >= 0.3 is 0 Å². The van der Waals surface area contributed by atoms with E-state index in [-0.39, 0.29) is 12.1 Å². The first kappa shape index (κ1) is 16.8. The van der Waals surface area contributed by atoms with Gasteiger partial charge in [-0.1, -0.05) is 18.9 Å². The van der Waals surface area contributed by atoms with Crippen LogP contribution in [0, 0.1) is 11.6 Å². The molecule has 0 spiro atoms. The molecule has 23 heavy (non-hydrogen) atoms. The zero-order valence-electron chi connectivity index (χ0n) is 13.5. The van der Waals surface area contributed by atoms with E-state index in [2.05, 4.69) is 10.2 Å². The van der Waals surface area contributed by atoms with Crippen molar-refractivity contribution in [3.05, 3.63) is 35.4 Å². The van der Waals surface area contributed by atoms with E-state index in [0.717, 1.165) is 32.0 Å². The molecule has 1 unspecified atom stereocenters. The number of hydrogen-bond acceptors (Lipinski definition) is 3. The van der Waals surface area contributed by atoms with Gasteiger partial charge in [0.2, 0.25) is 0 Å². The molecule has 3 nitrogen and oxygen atoms in total. The highest BCUT2D eigenvalue weighted by Crippen LogP contribution is 2.26. The Labute approximate surface area is 136 Å². The Bertz CT molecular complexity index is 491. The number of rotatable bonds is 5. The van der Waals surface area contributed by atoms with E-state index in [4.69, 9.17) is 0 Å². The van der Waals surface area contributed by atoms with Crippen LogP contribution in [0.1, 0.15) is 50.2 Å². The fourth-order valence-electron chi connectivity index (χ4n) is 3.95. The molecule has 1 saturated carbocycles. The number of nitrogens with zero attached hydrogens (tertiary/aromatic N) is 1. The third-order valence-corrected chi connectivity index (χ3v) is 5.30. The van der Waals surface area contributed by atoms with Crippen LogP contribution in [0.15, 0.2) is 18.2 Å². The van der Waals surface area contributed by atoms with Crippen molar-refractivity contribution in [1.29, 1.82) is 0 Å². The number of aliphatic hydroxyl groups excluding tert-OH is 1. The third-order valence-electron chi connectivity index (χ3n) is 5.30. The largest absolute Gasteiger partial charge is 0.387 e. The van der Waals surface area contributed by atoms with Crippen molar-refractivity contribution in [1.82, 2.24) is 10.2 Å². The first-order valence-corrected chi connectivity index (χ1v) is 8.74. The second-order valence-corrected chi connectivity index (χ2v) is 6.81. The van der Waals surface area contributed by atoms with Crippen LogP contribution in [0.5, 0.6) is 0 Å². The van der Waals surface area contributed by atoms with Gasteiger partial charge in [0.1, 0.15) is 11.6 Å². The molecule has 1 aromatic rings. The molecule has 2 N–H and O–H groups in total. The molecule has 0 amide bonds. The average Bonchev–Trinajstić information content (AvgIpc) is 3.08. The Balaban J connectivity index is 1.46. The maximum Gasteiger partial charge on any atom is 0.131 e. The molecule has 1 heterocycles. The average molecular weight is 324 g/mol. The van der Waals surface area contributed by atoms with Gasteiger partial charge in [0, 0.05) is 18.6 Å². The van der Waals surface area contributed by atoms with Crippen LogP contribution in [-0.2, 0) is 0 Å². The summed E-state index contributed by atoms with van der Waals surface area (Å²) in [6.45, 7) is 2.34. The van der Waals surface area contributed by atoms with Crippen LogP contribution in [0.3, 0.4) is 0 Å². The van der Waals surface area contributed by atoms with E-state index in [1.54, 1.807) is 0 Å². The van der Waals surface area contributed by atoms with Gasteiger partial charge in [-0.3, -0.25) is 0 Å². The van der Waals surface area contributed by atoms with Gasteiger partial charge in [-0.15, -0.1) is 0 Å². The van der Waals surface area contributed by atoms with E-state index < -0.39 is 17.7 Å². The van der Waals surface area contributed by atoms with Gasteiger partial charge in [-0.05, 0) is 50.9 Å². The summed E-state index contributed by atoms with van der Waals surface area (Å²) in [5, 5.41) is 13.4. The molecule has 0 bridgehead atoms. The Hall–Kier alpha value is -1.04. The predicted octanol–water partition coefficient (Wildman–Crippen LogP) is 2.99. The summed E-state index contributed by atoms with van der Waals surface area (Å²) in [5.41, 5.74) is -0.233. The van der Waals surface area contributed by atoms with Gasteiger partial charge < -0.3 is 15.3 Å². The number of benzene rings is 1. The van der Waals surface area contributed by atoms with E-state index in [0.29, 0.717) is 6.04 Å². The zero-order valence-corrected chi connectivity index (χ0v) is 13.5. The lowest BCUT2D eigenvalue weighted by Crippen LogP contribution is -2.46. The summed E-state index contributed by atoms with van der Waals surface area (Å²) in [6, 6.07) is 4.75. The van der Waals surface area contributed by atoms with Gasteiger partial charge in [0.25, 0.3) is 0 Å². The summed E-state index contributed by atoms with van der Waals surface area (Å²) in [5.74, 6) is -1.37. The molecule has 0 aromatic heterocycles. The number of hydrogen-bond donors (Lipinski definition) is 2. The smallest absolute Gasteiger partial charge is 0.131 e. The third kappa shape index (κ3) is 4.08. The minimum atomic E-state index is -1.15. The molecule has 2 aliphatic rings. The minimum Gasteiger partial charge on any atom is -0.387 e. The number of likely N-dealkylation sites (tertiary alicyclic amines) is 1. The number of piperidine rings is 1. The summed E-state index contributed by atoms with van der Waals surface area (Å²) in [4.78, 5) is 2.58. The summed E-state index contributed by atoms with van der Waals surface area (Å²) in [7, 11) is 0. The fourth-order valence-corrected chi connectivity index (χ4v) is 3.95. The fraction of sp³-hybridized carbons (Fsp3) is 0.667. The van der Waals surface area contributed by atoms with Crippen molar-refractivity contribution in [2.24, 2.45) is 0 Å². The zero-order chi connectivity index (χ0) is 16.2.